The van der Waals surface area contributed by atoms with Crippen molar-refractivity contribution in [2.75, 3.05) is 26.3 Å². The zero-order valence-corrected chi connectivity index (χ0v) is 11.9. The number of alkyl halides is 3. The number of morpholine rings is 1. The minimum absolute atomic E-state index is 0.0416. The van der Waals surface area contributed by atoms with Crippen molar-refractivity contribution in [3.05, 3.63) is 18.0 Å². The molecule has 1 aliphatic rings. The molecule has 1 saturated heterocycles. The lowest BCUT2D eigenvalue weighted by Crippen LogP contribution is -2.52. The fraction of sp³-hybridized carbons (Fsp3) is 0.667. The topological polar surface area (TPSA) is 79.6 Å². The van der Waals surface area contributed by atoms with Crippen molar-refractivity contribution >= 4 is 6.03 Å². The number of halogens is 3. The predicted octanol–water partition coefficient (Wildman–Crippen LogP) is 0.426. The molecule has 124 valence electrons. The first-order valence-corrected chi connectivity index (χ1v) is 6.64. The number of carbonyl (C=O) groups is 1. The van der Waals surface area contributed by atoms with Crippen LogP contribution in [0.1, 0.15) is 11.6 Å². The zero-order valence-electron chi connectivity index (χ0n) is 11.9. The van der Waals surface area contributed by atoms with Crippen LogP contribution in [0.3, 0.4) is 0 Å². The Kier molecular flexibility index (Phi) is 4.91. The van der Waals surface area contributed by atoms with Crippen LogP contribution in [0.4, 0.5) is 18.0 Å². The number of nitrogens with one attached hydrogen (secondary N) is 1. The quantitative estimate of drug-likeness (QED) is 0.846. The Labute approximate surface area is 124 Å². The first kappa shape index (κ1) is 16.6. The average Bonchev–Trinajstić information content (AvgIpc) is 2.89. The maximum atomic E-state index is 13.2. The summed E-state index contributed by atoms with van der Waals surface area (Å²) in [5.74, 6) is 0. The fourth-order valence-corrected chi connectivity index (χ4v) is 2.17. The number of aliphatic hydroxyl groups excluding tert-OH is 1. The Balaban J connectivity index is 2.08. The van der Waals surface area contributed by atoms with Crippen LogP contribution >= 0.6 is 0 Å². The second kappa shape index (κ2) is 6.53. The van der Waals surface area contributed by atoms with Gasteiger partial charge < -0.3 is 20.1 Å². The van der Waals surface area contributed by atoms with Crippen molar-refractivity contribution in [1.82, 2.24) is 20.0 Å². The van der Waals surface area contributed by atoms with Crippen molar-refractivity contribution in [3.8, 4) is 0 Å². The summed E-state index contributed by atoms with van der Waals surface area (Å²) < 4.78 is 45.8. The number of rotatable bonds is 3. The molecule has 2 unspecified atom stereocenters. The van der Waals surface area contributed by atoms with Gasteiger partial charge in [-0.25, -0.2) is 4.79 Å². The molecule has 2 heterocycles. The molecule has 22 heavy (non-hydrogen) atoms. The molecule has 0 spiro atoms. The Morgan fingerprint density at radius 3 is 2.91 bits per heavy atom. The van der Waals surface area contributed by atoms with Gasteiger partial charge in [0.05, 0.1) is 32.1 Å². The van der Waals surface area contributed by atoms with E-state index in [2.05, 4.69) is 5.10 Å². The summed E-state index contributed by atoms with van der Waals surface area (Å²) >= 11 is 0. The van der Waals surface area contributed by atoms with E-state index in [1.54, 1.807) is 0 Å². The Morgan fingerprint density at radius 2 is 2.36 bits per heavy atom. The molecule has 0 aliphatic carbocycles. The Morgan fingerprint density at radius 1 is 1.64 bits per heavy atom. The monoisotopic (exact) mass is 322 g/mol. The fourth-order valence-electron chi connectivity index (χ4n) is 2.17. The lowest BCUT2D eigenvalue weighted by molar-refractivity contribution is -0.155. The van der Waals surface area contributed by atoms with Crippen LogP contribution < -0.4 is 5.32 Å². The molecule has 0 saturated carbocycles. The van der Waals surface area contributed by atoms with E-state index in [4.69, 9.17) is 9.84 Å². The molecule has 0 radical (unpaired) electrons. The zero-order chi connectivity index (χ0) is 16.3. The lowest BCUT2D eigenvalue weighted by Gasteiger charge is -2.33. The number of aromatic nitrogens is 2. The van der Waals surface area contributed by atoms with E-state index in [-0.39, 0.29) is 31.9 Å². The van der Waals surface area contributed by atoms with Gasteiger partial charge in [-0.2, -0.15) is 18.3 Å². The summed E-state index contributed by atoms with van der Waals surface area (Å²) in [6.45, 7) is 0.0806. The third-order valence-corrected chi connectivity index (χ3v) is 3.28. The first-order valence-electron chi connectivity index (χ1n) is 6.64. The number of aryl methyl sites for hydroxylation is 1. The third-order valence-electron chi connectivity index (χ3n) is 3.28. The van der Waals surface area contributed by atoms with Gasteiger partial charge in [0.15, 0.2) is 6.04 Å². The highest BCUT2D eigenvalue weighted by Gasteiger charge is 2.43. The van der Waals surface area contributed by atoms with Crippen LogP contribution in [0.2, 0.25) is 0 Å². The molecular weight excluding hydrogens is 305 g/mol. The standard InChI is InChI=1S/C12H17F3N4O3/c1-18-5-8(4-16-18)10(12(13,14)15)17-11(21)19-2-3-22-9(6-19)7-20/h4-5,9-10,20H,2-3,6-7H2,1H3,(H,17,21). The van der Waals surface area contributed by atoms with Gasteiger partial charge in [0.1, 0.15) is 0 Å². The highest BCUT2D eigenvalue weighted by molar-refractivity contribution is 5.75. The molecule has 1 aromatic rings. The van der Waals surface area contributed by atoms with E-state index in [0.29, 0.717) is 0 Å². The van der Waals surface area contributed by atoms with Gasteiger partial charge in [-0.15, -0.1) is 0 Å². The highest BCUT2D eigenvalue weighted by Crippen LogP contribution is 2.32. The van der Waals surface area contributed by atoms with Crippen LogP contribution in [0.25, 0.3) is 0 Å². The lowest BCUT2D eigenvalue weighted by atomic mass is 10.1. The van der Waals surface area contributed by atoms with Gasteiger partial charge >= 0.3 is 12.2 Å². The second-order valence-corrected chi connectivity index (χ2v) is 4.99. The maximum Gasteiger partial charge on any atom is 0.413 e. The largest absolute Gasteiger partial charge is 0.413 e. The van der Waals surface area contributed by atoms with E-state index >= 15 is 0 Å². The Bertz CT molecular complexity index is 520. The van der Waals surface area contributed by atoms with Gasteiger partial charge in [-0.1, -0.05) is 0 Å². The summed E-state index contributed by atoms with van der Waals surface area (Å²) in [5, 5.41) is 14.7. The minimum Gasteiger partial charge on any atom is -0.394 e. The highest BCUT2D eigenvalue weighted by atomic mass is 19.4. The van der Waals surface area contributed by atoms with E-state index in [9.17, 15) is 18.0 Å². The van der Waals surface area contributed by atoms with Crippen molar-refractivity contribution in [2.45, 2.75) is 18.3 Å². The molecule has 2 N–H and O–H groups in total. The molecule has 1 fully saturated rings. The predicted molar refractivity (Wildman–Crippen MR) is 68.9 cm³/mol. The molecule has 7 nitrogen and oxygen atoms in total. The maximum absolute atomic E-state index is 13.2. The normalized spacial score (nSPS) is 20.8. The molecule has 10 heteroatoms. The van der Waals surface area contributed by atoms with Crippen LogP contribution in [-0.2, 0) is 11.8 Å². The number of nitrogens with zero attached hydrogens (tertiary/aromatic N) is 3. The molecule has 2 rings (SSSR count). The van der Waals surface area contributed by atoms with Crippen LogP contribution in [0.15, 0.2) is 12.4 Å². The number of aliphatic hydroxyl groups is 1. The SMILES string of the molecule is Cn1cc(C(NC(=O)N2CCOC(CO)C2)C(F)(F)F)cn1. The number of hydrogen-bond acceptors (Lipinski definition) is 4. The smallest absolute Gasteiger partial charge is 0.394 e. The van der Waals surface area contributed by atoms with Crippen molar-refractivity contribution < 1.29 is 27.8 Å². The van der Waals surface area contributed by atoms with Crippen LogP contribution in [0, 0.1) is 0 Å². The molecule has 1 aromatic heterocycles. The number of urea groups is 1. The van der Waals surface area contributed by atoms with Gasteiger partial charge in [0.2, 0.25) is 0 Å². The molecule has 2 atom stereocenters. The van der Waals surface area contributed by atoms with Crippen molar-refractivity contribution in [3.63, 3.8) is 0 Å². The van der Waals surface area contributed by atoms with Gasteiger partial charge in [0.25, 0.3) is 0 Å². The molecule has 0 bridgehead atoms. The Hall–Kier alpha value is -1.81. The van der Waals surface area contributed by atoms with Crippen LogP contribution in [0.5, 0.6) is 0 Å². The van der Waals surface area contributed by atoms with Crippen LogP contribution in [-0.4, -0.2) is 64.4 Å². The molecular formula is C12H17F3N4O3. The summed E-state index contributed by atoms with van der Waals surface area (Å²) in [5.41, 5.74) is -0.143. The summed E-state index contributed by atoms with van der Waals surface area (Å²) in [7, 11) is 1.49. The number of ether oxygens (including phenoxy) is 1. The molecule has 2 amide bonds. The second-order valence-electron chi connectivity index (χ2n) is 4.99. The van der Waals surface area contributed by atoms with Gasteiger partial charge in [-0.05, 0) is 0 Å². The average molecular weight is 322 g/mol. The molecule has 0 aromatic carbocycles. The van der Waals surface area contributed by atoms with E-state index in [1.807, 2.05) is 5.32 Å². The summed E-state index contributed by atoms with van der Waals surface area (Å²) in [6.07, 6.45) is -2.95. The minimum atomic E-state index is -4.64. The third kappa shape index (κ3) is 3.89. The van der Waals surface area contributed by atoms with Crippen molar-refractivity contribution in [2.24, 2.45) is 7.05 Å². The number of amides is 2. The van der Waals surface area contributed by atoms with E-state index < -0.39 is 24.4 Å². The van der Waals surface area contributed by atoms with Gasteiger partial charge in [0, 0.05) is 25.4 Å². The number of carbonyl (C=O) groups excluding carboxylic acids is 1. The first-order chi connectivity index (χ1) is 10.3. The summed E-state index contributed by atoms with van der Waals surface area (Å²) in [4.78, 5) is 13.2. The van der Waals surface area contributed by atoms with E-state index in [0.717, 1.165) is 6.20 Å². The van der Waals surface area contributed by atoms with E-state index in [1.165, 1.54) is 22.8 Å². The van der Waals surface area contributed by atoms with Crippen molar-refractivity contribution in [1.29, 1.82) is 0 Å². The molecule has 1 aliphatic heterocycles. The summed E-state index contributed by atoms with van der Waals surface area (Å²) in [6, 6.07) is -2.99. The van der Waals surface area contributed by atoms with Gasteiger partial charge in [-0.3, -0.25) is 4.68 Å². The number of hydrogen-bond donors (Lipinski definition) is 2.